The van der Waals surface area contributed by atoms with Crippen molar-refractivity contribution in [3.63, 3.8) is 0 Å². The van der Waals surface area contributed by atoms with E-state index in [1.807, 2.05) is 226 Å². The van der Waals surface area contributed by atoms with Crippen LogP contribution in [0.25, 0.3) is 98.4 Å². The normalized spacial score (nSPS) is 12.5. The smallest absolute Gasteiger partial charge is 0.123 e. The number of phenols is 8. The molecule has 21 aromatic rings. The standard InChI is InChI=1S/C35H26O2.C33H22O2.C31H24O2.C25H18O2.8C2H6/c1-21-3-13-33-31(15-21)32-16-22(2)4-14-34(32)35(33,27-9-5-25-19-29(36)11-7-23(25)17-27)28-10-6-26-20-30(37)12-8-24(26)18-28;34-31-13-5-7-21-19-23(15-17-25(21)31)33(24-16-18-26-22(20-24)8-6-14-32(26)35)29-11-3-1-9-27(29)28-10-2-4-12-30(28)33;1-19-3-13-29-27(15-19)28-16-20(2)4-14-30(28)31(29,23-8-11-25(32)12-9-23)24-7-5-22-18-26(33)10-6-21(22)17-24;26-19-9-5-7-17(15-19)25(18-8-6-10-20(27)16-18)23-13-3-1-11-21(23)22-12-2-4-14-24(22)25;8*1-2/h3-20,36-37H,1-2H3;1-20,34-35H;3-18,32-33H,1-2H3;1-16,26-27H;8*1-2H3. The van der Waals surface area contributed by atoms with Crippen molar-refractivity contribution < 1.29 is 40.9 Å². The second kappa shape index (κ2) is 47.0. The zero-order valence-corrected chi connectivity index (χ0v) is 89.0. The second-order valence-corrected chi connectivity index (χ2v) is 35.7. The summed E-state index contributed by atoms with van der Waals surface area (Å²) in [6, 6.07) is 144. The fraction of sp³-hybridized carbons (Fsp3) is 0.171. The van der Waals surface area contributed by atoms with E-state index in [9.17, 15) is 40.9 Å². The molecule has 21 aromatic carbocycles. The van der Waals surface area contributed by atoms with E-state index in [4.69, 9.17) is 0 Å². The lowest BCUT2D eigenvalue weighted by atomic mass is 9.67. The highest BCUT2D eigenvalue weighted by Gasteiger charge is 2.51. The molecular weight excluding hydrogens is 1810 g/mol. The molecule has 0 amide bonds. The van der Waals surface area contributed by atoms with E-state index in [0.717, 1.165) is 92.8 Å². The molecular formula is C140H138O8. The first kappa shape index (κ1) is 107. The van der Waals surface area contributed by atoms with Crippen molar-refractivity contribution in [1.29, 1.82) is 0 Å². The number of hydrogen-bond acceptors (Lipinski definition) is 8. The molecule has 148 heavy (non-hydrogen) atoms. The number of benzene rings is 21. The van der Waals surface area contributed by atoms with Crippen LogP contribution in [0.1, 0.15) is 222 Å². The third-order valence-electron chi connectivity index (χ3n) is 28.0. The monoisotopic (exact) mass is 1950 g/mol. The Bertz CT molecular complexity index is 7870. The average Bonchev–Trinajstić information content (AvgIpc) is 1.55. The molecule has 0 radical (unpaired) electrons. The Labute approximate surface area is 875 Å². The summed E-state index contributed by atoms with van der Waals surface area (Å²) in [5, 5.41) is 91.5. The van der Waals surface area contributed by atoms with E-state index in [2.05, 4.69) is 276 Å². The highest BCUT2D eigenvalue weighted by atomic mass is 16.3. The van der Waals surface area contributed by atoms with E-state index in [1.165, 1.54) is 117 Å². The zero-order valence-electron chi connectivity index (χ0n) is 89.0. The first-order valence-corrected chi connectivity index (χ1v) is 52.7. The lowest BCUT2D eigenvalue weighted by molar-refractivity contribution is 0.472. The third kappa shape index (κ3) is 19.2. The van der Waals surface area contributed by atoms with E-state index < -0.39 is 21.7 Å². The first-order valence-electron chi connectivity index (χ1n) is 52.7. The van der Waals surface area contributed by atoms with Gasteiger partial charge < -0.3 is 40.9 Å². The summed E-state index contributed by atoms with van der Waals surface area (Å²) in [4.78, 5) is 0. The molecule has 8 N–H and O–H groups in total. The van der Waals surface area contributed by atoms with Gasteiger partial charge in [0.05, 0.1) is 21.7 Å². The highest BCUT2D eigenvalue weighted by Crippen LogP contribution is 2.63. The maximum atomic E-state index is 10.4. The highest BCUT2D eigenvalue weighted by molar-refractivity contribution is 5.98. The number of aromatic hydroxyl groups is 8. The van der Waals surface area contributed by atoms with Crippen LogP contribution in [-0.4, -0.2) is 40.9 Å². The summed E-state index contributed by atoms with van der Waals surface area (Å²) >= 11 is 0. The van der Waals surface area contributed by atoms with Gasteiger partial charge in [0, 0.05) is 10.8 Å². The van der Waals surface area contributed by atoms with Crippen LogP contribution in [-0.2, 0) is 21.7 Å². The van der Waals surface area contributed by atoms with Gasteiger partial charge in [-0.15, -0.1) is 0 Å². The van der Waals surface area contributed by atoms with Crippen molar-refractivity contribution in [2.75, 3.05) is 0 Å². The Kier molecular flexibility index (Phi) is 34.0. The Morgan fingerprint density at radius 2 is 0.345 bits per heavy atom. The molecule has 0 fully saturated rings. The topological polar surface area (TPSA) is 162 Å². The minimum absolute atomic E-state index is 0.230. The maximum absolute atomic E-state index is 10.4. The molecule has 0 atom stereocenters. The van der Waals surface area contributed by atoms with Crippen LogP contribution in [0.3, 0.4) is 0 Å². The Morgan fingerprint density at radius 3 is 0.628 bits per heavy atom. The number of phenolic OH excluding ortho intramolecular Hbond substituents is 8. The number of hydrogen-bond donors (Lipinski definition) is 8. The number of aryl methyl sites for hydroxylation is 4. The molecule has 0 spiro atoms. The van der Waals surface area contributed by atoms with Crippen LogP contribution in [0.15, 0.2) is 425 Å². The quantitative estimate of drug-likeness (QED) is 0.0746. The van der Waals surface area contributed by atoms with Gasteiger partial charge in [-0.05, 0) is 320 Å². The molecule has 4 aliphatic rings. The van der Waals surface area contributed by atoms with Crippen LogP contribution in [0.4, 0.5) is 0 Å². The number of rotatable bonds is 8. The Hall–Kier alpha value is -16.7. The van der Waals surface area contributed by atoms with Crippen LogP contribution in [0.2, 0.25) is 0 Å². The Balaban J connectivity index is 0.000000149. The maximum Gasteiger partial charge on any atom is 0.123 e. The molecule has 0 aliphatic heterocycles. The van der Waals surface area contributed by atoms with E-state index in [0.29, 0.717) is 0 Å². The van der Waals surface area contributed by atoms with Crippen molar-refractivity contribution in [3.05, 3.63) is 536 Å². The lowest BCUT2D eigenvalue weighted by Crippen LogP contribution is -2.28. The minimum atomic E-state index is -0.593. The van der Waals surface area contributed by atoms with Gasteiger partial charge in [0.15, 0.2) is 0 Å². The van der Waals surface area contributed by atoms with Gasteiger partial charge in [-0.25, -0.2) is 0 Å². The summed E-state index contributed by atoms with van der Waals surface area (Å²) in [5.41, 5.74) is 31.4. The predicted octanol–water partition coefficient (Wildman–Crippen LogP) is 37.1. The molecule has 0 unspecified atom stereocenters. The van der Waals surface area contributed by atoms with E-state index in [1.54, 1.807) is 60.7 Å². The lowest BCUT2D eigenvalue weighted by Gasteiger charge is -2.34. The minimum Gasteiger partial charge on any atom is -0.508 e. The van der Waals surface area contributed by atoms with Gasteiger partial charge in [0.2, 0.25) is 0 Å². The molecule has 8 nitrogen and oxygen atoms in total. The van der Waals surface area contributed by atoms with Gasteiger partial charge in [0.1, 0.15) is 46.0 Å². The molecule has 25 rings (SSSR count). The van der Waals surface area contributed by atoms with Crippen molar-refractivity contribution in [1.82, 2.24) is 0 Å². The molecule has 4 aliphatic carbocycles. The van der Waals surface area contributed by atoms with Gasteiger partial charge in [-0.2, -0.15) is 0 Å². The summed E-state index contributed by atoms with van der Waals surface area (Å²) in [5.74, 6) is 2.11. The average molecular weight is 1950 g/mol. The third-order valence-corrected chi connectivity index (χ3v) is 28.0. The van der Waals surface area contributed by atoms with Crippen molar-refractivity contribution in [3.8, 4) is 90.5 Å². The predicted molar refractivity (Wildman–Crippen MR) is 626 cm³/mol. The molecule has 0 saturated heterocycles. The fourth-order valence-corrected chi connectivity index (χ4v) is 22.3. The largest absolute Gasteiger partial charge is 0.508 e. The van der Waals surface area contributed by atoms with Gasteiger partial charge in [0.25, 0.3) is 0 Å². The summed E-state index contributed by atoms with van der Waals surface area (Å²) < 4.78 is 0. The van der Waals surface area contributed by atoms with Crippen LogP contribution < -0.4 is 0 Å². The first-order chi connectivity index (χ1) is 72.3. The molecule has 0 heterocycles. The molecule has 746 valence electrons. The van der Waals surface area contributed by atoms with Crippen molar-refractivity contribution >= 4 is 53.9 Å². The molecule has 0 bridgehead atoms. The summed E-state index contributed by atoms with van der Waals surface area (Å²) in [6.45, 7) is 40.6. The van der Waals surface area contributed by atoms with Gasteiger partial charge >= 0.3 is 0 Å². The van der Waals surface area contributed by atoms with E-state index in [-0.39, 0.29) is 46.0 Å². The van der Waals surface area contributed by atoms with Crippen LogP contribution in [0.5, 0.6) is 46.0 Å². The van der Waals surface area contributed by atoms with E-state index >= 15 is 0 Å². The molecule has 0 aromatic heterocycles. The van der Waals surface area contributed by atoms with Crippen molar-refractivity contribution in [2.45, 2.75) is 160 Å². The van der Waals surface area contributed by atoms with Crippen molar-refractivity contribution in [2.24, 2.45) is 0 Å². The second-order valence-electron chi connectivity index (χ2n) is 35.7. The zero-order chi connectivity index (χ0) is 106. The SMILES string of the molecule is CC.CC.CC.CC.CC.CC.CC.CC.Cc1ccc2c(c1)-c1cc(C)ccc1C2(c1ccc(O)cc1)c1ccc2cc(O)ccc2c1.Cc1ccc2c(c1)-c1cc(C)ccc1C2(c1ccc2cc(O)ccc2c1)c1ccc2cc(O)ccc2c1.Oc1cccc(C2(c3cccc(O)c3)c3ccccc3-c3ccccc32)c1.Oc1cccc2cc(C3(c4ccc5c(O)cccc5c4)c4ccccc4-c4ccccc43)ccc12. The summed E-state index contributed by atoms with van der Waals surface area (Å²) in [7, 11) is 0. The van der Waals surface area contributed by atoms with Crippen LogP contribution in [0, 0.1) is 27.7 Å². The Morgan fingerprint density at radius 1 is 0.135 bits per heavy atom. The fourth-order valence-electron chi connectivity index (χ4n) is 22.3. The van der Waals surface area contributed by atoms with Gasteiger partial charge in [-0.3, -0.25) is 0 Å². The molecule has 0 saturated carbocycles. The number of fused-ring (bicyclic) bond motifs is 17. The summed E-state index contributed by atoms with van der Waals surface area (Å²) in [6.07, 6.45) is 0. The molecule has 8 heteroatoms. The van der Waals surface area contributed by atoms with Crippen LogP contribution >= 0.6 is 0 Å². The van der Waals surface area contributed by atoms with Gasteiger partial charge in [-0.1, -0.05) is 442 Å².